The Morgan fingerprint density at radius 1 is 1.13 bits per heavy atom. The first-order chi connectivity index (χ1) is 14.7. The molecule has 4 aromatic rings. The van der Waals surface area contributed by atoms with Gasteiger partial charge in [0.2, 0.25) is 0 Å². The maximum Gasteiger partial charge on any atom is 0.139 e. The van der Waals surface area contributed by atoms with E-state index in [0.717, 1.165) is 29.9 Å². The van der Waals surface area contributed by atoms with Gasteiger partial charge in [0.1, 0.15) is 5.82 Å². The fraction of sp³-hybridized carbons (Fsp3) is 0.320. The van der Waals surface area contributed by atoms with Crippen molar-refractivity contribution in [1.29, 1.82) is 0 Å². The van der Waals surface area contributed by atoms with Crippen molar-refractivity contribution in [2.45, 2.75) is 31.3 Å². The molecule has 6 rings (SSSR count). The predicted octanol–water partition coefficient (Wildman–Crippen LogP) is 5.45. The van der Waals surface area contributed by atoms with Gasteiger partial charge in [0.25, 0.3) is 0 Å². The third kappa shape index (κ3) is 2.87. The van der Waals surface area contributed by atoms with E-state index in [0.29, 0.717) is 17.9 Å². The molecule has 1 aliphatic heterocycles. The summed E-state index contributed by atoms with van der Waals surface area (Å²) in [5.41, 5.74) is 5.42. The molecule has 1 aliphatic carbocycles. The van der Waals surface area contributed by atoms with Crippen molar-refractivity contribution in [2.24, 2.45) is 5.92 Å². The highest BCUT2D eigenvalue weighted by molar-refractivity contribution is 9.10. The lowest BCUT2D eigenvalue weighted by atomic mass is 9.72. The number of likely N-dealkylation sites (N-methyl/N-ethyl adjacent to an activating group) is 1. The van der Waals surface area contributed by atoms with Crippen LogP contribution in [0.1, 0.15) is 23.5 Å². The van der Waals surface area contributed by atoms with Crippen molar-refractivity contribution in [3.05, 3.63) is 76.7 Å². The number of benzene rings is 2. The van der Waals surface area contributed by atoms with Gasteiger partial charge < -0.3 is 14.5 Å². The molecule has 0 saturated carbocycles. The molecule has 1 fully saturated rings. The number of likely N-dealkylation sites (tertiary alicyclic amines) is 1. The van der Waals surface area contributed by atoms with Crippen LogP contribution in [0.4, 0.5) is 0 Å². The average molecular weight is 461 g/mol. The summed E-state index contributed by atoms with van der Waals surface area (Å²) in [4.78, 5) is 10.8. The van der Waals surface area contributed by atoms with E-state index in [-0.39, 0.29) is 0 Å². The minimum Gasteiger partial charge on any atom is -0.349 e. The first-order valence-corrected chi connectivity index (χ1v) is 11.5. The van der Waals surface area contributed by atoms with Gasteiger partial charge in [0.15, 0.2) is 0 Å². The quantitative estimate of drug-likeness (QED) is 0.440. The molecule has 3 atom stereocenters. The summed E-state index contributed by atoms with van der Waals surface area (Å²) in [5, 5.41) is 1.45. The molecule has 2 aromatic heterocycles. The van der Waals surface area contributed by atoms with Crippen molar-refractivity contribution in [1.82, 2.24) is 19.4 Å². The summed E-state index contributed by atoms with van der Waals surface area (Å²) in [6.07, 6.45) is 6.41. The van der Waals surface area contributed by atoms with Crippen LogP contribution in [-0.4, -0.2) is 39.1 Å². The standard InChI is InChI=1S/C25H25BrN4/c1-29-14-16(15-30-11-10-27-25(30)17-6-3-2-4-7-17)12-19-18-8-5-9-21-23(18)20(13-22(19)29)24(26)28-21/h2-11,16,19,22,28H,12-15H2,1H3/t16-,19?,22-/m1/s1. The normalized spacial score (nSPS) is 23.6. The molecule has 1 saturated heterocycles. The molecular formula is C25H25BrN4. The number of rotatable bonds is 3. The summed E-state index contributed by atoms with van der Waals surface area (Å²) in [5.74, 6) is 2.26. The zero-order valence-electron chi connectivity index (χ0n) is 17.1. The van der Waals surface area contributed by atoms with E-state index >= 15 is 0 Å². The van der Waals surface area contributed by atoms with Crippen molar-refractivity contribution in [3.8, 4) is 11.4 Å². The summed E-state index contributed by atoms with van der Waals surface area (Å²) < 4.78 is 3.50. The Balaban J connectivity index is 1.33. The number of fused-ring (bicyclic) bond motifs is 2. The fourth-order valence-electron chi connectivity index (χ4n) is 5.81. The molecule has 0 spiro atoms. The molecule has 0 radical (unpaired) electrons. The van der Waals surface area contributed by atoms with Gasteiger partial charge in [0, 0.05) is 53.9 Å². The molecule has 2 aromatic carbocycles. The molecule has 1 unspecified atom stereocenters. The molecule has 30 heavy (non-hydrogen) atoms. The Labute approximate surface area is 185 Å². The number of piperidine rings is 1. The van der Waals surface area contributed by atoms with Crippen molar-refractivity contribution < 1.29 is 0 Å². The van der Waals surface area contributed by atoms with Crippen LogP contribution in [0.15, 0.2) is 65.5 Å². The van der Waals surface area contributed by atoms with E-state index < -0.39 is 0 Å². The Morgan fingerprint density at radius 2 is 2.00 bits per heavy atom. The van der Waals surface area contributed by atoms with Crippen LogP contribution < -0.4 is 0 Å². The monoisotopic (exact) mass is 460 g/mol. The second kappa shape index (κ2) is 7.10. The average Bonchev–Trinajstić information content (AvgIpc) is 3.35. The minimum atomic E-state index is 0.572. The molecule has 2 aliphatic rings. The highest BCUT2D eigenvalue weighted by Crippen LogP contribution is 2.46. The van der Waals surface area contributed by atoms with Crippen LogP contribution in [0.5, 0.6) is 0 Å². The molecule has 0 amide bonds. The molecule has 1 N–H and O–H groups in total. The number of hydrogen-bond acceptors (Lipinski definition) is 2. The van der Waals surface area contributed by atoms with Crippen molar-refractivity contribution in [2.75, 3.05) is 13.6 Å². The molecule has 152 valence electrons. The Kier molecular flexibility index (Phi) is 4.36. The third-order valence-corrected chi connectivity index (χ3v) is 7.76. The van der Waals surface area contributed by atoms with E-state index in [9.17, 15) is 0 Å². The lowest BCUT2D eigenvalue weighted by Gasteiger charge is -2.45. The van der Waals surface area contributed by atoms with Crippen LogP contribution in [0, 0.1) is 5.92 Å². The largest absolute Gasteiger partial charge is 0.349 e. The summed E-state index contributed by atoms with van der Waals surface area (Å²) >= 11 is 3.77. The van der Waals surface area contributed by atoms with Crippen LogP contribution in [0.25, 0.3) is 22.3 Å². The zero-order valence-corrected chi connectivity index (χ0v) is 18.6. The predicted molar refractivity (Wildman–Crippen MR) is 125 cm³/mol. The first kappa shape index (κ1) is 18.4. The van der Waals surface area contributed by atoms with Crippen LogP contribution in [-0.2, 0) is 13.0 Å². The number of H-pyrrole nitrogens is 1. The SMILES string of the molecule is CN1C[C@H](Cn2ccnc2-c2ccccc2)CC2c3cccc4[nH]c(Br)c(c34)C[C@H]21. The van der Waals surface area contributed by atoms with E-state index in [1.165, 1.54) is 34.0 Å². The number of hydrogen-bond donors (Lipinski definition) is 1. The maximum absolute atomic E-state index is 4.66. The van der Waals surface area contributed by atoms with Crippen LogP contribution in [0.2, 0.25) is 0 Å². The lowest BCUT2D eigenvalue weighted by Crippen LogP contribution is -2.48. The van der Waals surface area contributed by atoms with Gasteiger partial charge >= 0.3 is 0 Å². The van der Waals surface area contributed by atoms with Gasteiger partial charge in [-0.3, -0.25) is 0 Å². The number of aromatic nitrogens is 3. The van der Waals surface area contributed by atoms with Crippen LogP contribution in [0.3, 0.4) is 0 Å². The van der Waals surface area contributed by atoms with Crippen molar-refractivity contribution >= 4 is 26.8 Å². The number of halogens is 1. The Bertz CT molecular complexity index is 1210. The summed E-state index contributed by atoms with van der Waals surface area (Å²) in [7, 11) is 2.31. The first-order valence-electron chi connectivity index (χ1n) is 10.7. The van der Waals surface area contributed by atoms with E-state index in [2.05, 4.69) is 97.1 Å². The summed E-state index contributed by atoms with van der Waals surface area (Å²) in [6.45, 7) is 2.14. The number of imidazole rings is 1. The second-order valence-electron chi connectivity index (χ2n) is 8.88. The molecule has 3 heterocycles. The van der Waals surface area contributed by atoms with E-state index in [1.807, 2.05) is 6.20 Å². The molecule has 0 bridgehead atoms. The second-order valence-corrected chi connectivity index (χ2v) is 9.67. The third-order valence-electron chi connectivity index (χ3n) is 7.09. The Hall–Kier alpha value is -2.37. The zero-order chi connectivity index (χ0) is 20.2. The lowest BCUT2D eigenvalue weighted by molar-refractivity contribution is 0.104. The van der Waals surface area contributed by atoms with Crippen molar-refractivity contribution in [3.63, 3.8) is 0 Å². The highest BCUT2D eigenvalue weighted by Gasteiger charge is 2.40. The smallest absolute Gasteiger partial charge is 0.139 e. The Morgan fingerprint density at radius 3 is 2.87 bits per heavy atom. The fourth-order valence-corrected chi connectivity index (χ4v) is 6.39. The van der Waals surface area contributed by atoms with E-state index in [4.69, 9.17) is 0 Å². The maximum atomic E-state index is 4.66. The van der Waals surface area contributed by atoms with Gasteiger partial charge in [-0.15, -0.1) is 0 Å². The molecular weight excluding hydrogens is 436 g/mol. The number of nitrogens with one attached hydrogen (secondary N) is 1. The van der Waals surface area contributed by atoms with Gasteiger partial charge in [-0.1, -0.05) is 42.5 Å². The van der Waals surface area contributed by atoms with Gasteiger partial charge in [0.05, 0.1) is 4.60 Å². The minimum absolute atomic E-state index is 0.572. The topological polar surface area (TPSA) is 36.9 Å². The molecule has 4 nitrogen and oxygen atoms in total. The molecule has 5 heteroatoms. The number of aromatic amines is 1. The summed E-state index contributed by atoms with van der Waals surface area (Å²) in [6, 6.07) is 17.9. The van der Waals surface area contributed by atoms with Gasteiger partial charge in [-0.25, -0.2) is 4.98 Å². The van der Waals surface area contributed by atoms with Gasteiger partial charge in [-0.2, -0.15) is 0 Å². The number of nitrogens with zero attached hydrogens (tertiary/aromatic N) is 3. The highest BCUT2D eigenvalue weighted by atomic mass is 79.9. The van der Waals surface area contributed by atoms with E-state index in [1.54, 1.807) is 0 Å². The van der Waals surface area contributed by atoms with Crippen LogP contribution >= 0.6 is 15.9 Å². The van der Waals surface area contributed by atoms with Gasteiger partial charge in [-0.05, 0) is 58.9 Å².